The monoisotopic (exact) mass is 468 g/mol. The Labute approximate surface area is 173 Å². The number of amides is 2. The van der Waals surface area contributed by atoms with Crippen molar-refractivity contribution in [3.8, 4) is 0 Å². The average molecular weight is 469 g/mol. The molecule has 148 valence electrons. The highest BCUT2D eigenvalue weighted by atomic mass is 79.9. The topological polar surface area (TPSA) is 113 Å². The van der Waals surface area contributed by atoms with E-state index in [4.69, 9.17) is 4.74 Å². The maximum absolute atomic E-state index is 12.6. The molecule has 2 unspecified atom stereocenters. The molecular formula is C18H17BrN2O6S. The van der Waals surface area contributed by atoms with E-state index in [2.05, 4.69) is 21.2 Å². The van der Waals surface area contributed by atoms with Crippen LogP contribution in [0, 0.1) is 6.92 Å². The molecule has 8 nitrogen and oxygen atoms in total. The van der Waals surface area contributed by atoms with Gasteiger partial charge in [0.05, 0.1) is 0 Å². The quantitative estimate of drug-likeness (QED) is 0.498. The standard InChI is InChI=1S/C18H17BrN2O6S/c1-8-3-4-10(5-12(8)19)15(23)20-13-16(24)21-14(18(25)26)11(6-27-9(2)22)7-28-17(13)21/h3-5,13,17H,6-7H2,1-2H3,(H,20,23)(H,25,26). The van der Waals surface area contributed by atoms with Crippen molar-refractivity contribution in [3.05, 3.63) is 45.1 Å². The Morgan fingerprint density at radius 3 is 2.71 bits per heavy atom. The molecule has 0 aromatic heterocycles. The molecule has 2 atom stereocenters. The van der Waals surface area contributed by atoms with Gasteiger partial charge in [-0.15, -0.1) is 11.8 Å². The number of nitrogens with zero attached hydrogens (tertiary/aromatic N) is 1. The Morgan fingerprint density at radius 1 is 1.39 bits per heavy atom. The fourth-order valence-electron chi connectivity index (χ4n) is 2.94. The van der Waals surface area contributed by atoms with E-state index in [1.165, 1.54) is 18.7 Å². The molecule has 0 radical (unpaired) electrons. The number of fused-ring (bicyclic) bond motifs is 1. The predicted molar refractivity (Wildman–Crippen MR) is 105 cm³/mol. The minimum Gasteiger partial charge on any atom is -0.477 e. The number of β-lactam (4-membered cyclic amide) rings is 1. The molecule has 2 aliphatic heterocycles. The summed E-state index contributed by atoms with van der Waals surface area (Å²) in [6.45, 7) is 2.93. The third kappa shape index (κ3) is 3.79. The summed E-state index contributed by atoms with van der Waals surface area (Å²) in [5, 5.41) is 11.7. The molecule has 2 aliphatic rings. The first-order valence-electron chi connectivity index (χ1n) is 8.31. The fourth-order valence-corrected chi connectivity index (χ4v) is 4.65. The van der Waals surface area contributed by atoms with E-state index in [0.29, 0.717) is 11.1 Å². The van der Waals surface area contributed by atoms with E-state index in [-0.39, 0.29) is 18.1 Å². The van der Waals surface area contributed by atoms with Crippen LogP contribution in [-0.2, 0) is 19.1 Å². The molecular weight excluding hydrogens is 452 g/mol. The Hall–Kier alpha value is -2.33. The number of esters is 1. The second kappa shape index (κ2) is 7.96. The first kappa shape index (κ1) is 20.4. The predicted octanol–water partition coefficient (Wildman–Crippen LogP) is 1.67. The lowest BCUT2D eigenvalue weighted by Crippen LogP contribution is -2.70. The van der Waals surface area contributed by atoms with E-state index in [1.807, 2.05) is 6.92 Å². The zero-order valence-corrected chi connectivity index (χ0v) is 17.4. The van der Waals surface area contributed by atoms with Crippen LogP contribution in [0.2, 0.25) is 0 Å². The molecule has 2 amide bonds. The van der Waals surface area contributed by atoms with Crippen LogP contribution in [0.3, 0.4) is 0 Å². The van der Waals surface area contributed by atoms with Gasteiger partial charge >= 0.3 is 11.9 Å². The van der Waals surface area contributed by atoms with Crippen molar-refractivity contribution in [1.29, 1.82) is 0 Å². The molecule has 0 saturated carbocycles. The molecule has 0 bridgehead atoms. The van der Waals surface area contributed by atoms with Crippen LogP contribution in [0.5, 0.6) is 0 Å². The molecule has 0 spiro atoms. The number of aryl methyl sites for hydroxylation is 1. The number of aliphatic carboxylic acids is 1. The summed E-state index contributed by atoms with van der Waals surface area (Å²) in [6, 6.07) is 4.29. The van der Waals surface area contributed by atoms with Crippen molar-refractivity contribution in [3.63, 3.8) is 0 Å². The second-order valence-corrected chi connectivity index (χ2v) is 8.32. The van der Waals surface area contributed by atoms with Crippen LogP contribution < -0.4 is 5.32 Å². The Bertz CT molecular complexity index is 915. The van der Waals surface area contributed by atoms with Gasteiger partial charge in [-0.2, -0.15) is 0 Å². The normalized spacial score (nSPS) is 21.0. The van der Waals surface area contributed by atoms with Crippen LogP contribution in [0.1, 0.15) is 22.8 Å². The fraction of sp³-hybridized carbons (Fsp3) is 0.333. The van der Waals surface area contributed by atoms with Crippen LogP contribution >= 0.6 is 27.7 Å². The van der Waals surface area contributed by atoms with Crippen LogP contribution in [-0.4, -0.2) is 57.5 Å². The Kier molecular flexibility index (Phi) is 5.80. The minimum atomic E-state index is -1.27. The third-order valence-electron chi connectivity index (χ3n) is 4.42. The number of carbonyl (C=O) groups excluding carboxylic acids is 3. The van der Waals surface area contributed by atoms with Crippen LogP contribution in [0.4, 0.5) is 0 Å². The van der Waals surface area contributed by atoms with Crippen LogP contribution in [0.25, 0.3) is 0 Å². The number of thioether (sulfide) groups is 1. The zero-order valence-electron chi connectivity index (χ0n) is 15.0. The summed E-state index contributed by atoms with van der Waals surface area (Å²) in [5.74, 6) is -2.44. The molecule has 28 heavy (non-hydrogen) atoms. The number of benzene rings is 1. The van der Waals surface area contributed by atoms with Gasteiger partial charge in [-0.3, -0.25) is 19.3 Å². The summed E-state index contributed by atoms with van der Waals surface area (Å²) < 4.78 is 5.67. The molecule has 2 heterocycles. The van der Waals surface area contributed by atoms with Gasteiger partial charge < -0.3 is 15.2 Å². The average Bonchev–Trinajstić information content (AvgIpc) is 2.65. The number of nitrogens with one attached hydrogen (secondary N) is 1. The van der Waals surface area contributed by atoms with Crippen molar-refractivity contribution in [2.45, 2.75) is 25.3 Å². The lowest BCUT2D eigenvalue weighted by molar-refractivity contribution is -0.149. The van der Waals surface area contributed by atoms with E-state index < -0.39 is 35.2 Å². The summed E-state index contributed by atoms with van der Waals surface area (Å²) in [4.78, 5) is 48.9. The minimum absolute atomic E-state index is 0.182. The number of halogens is 1. The van der Waals surface area contributed by atoms with Gasteiger partial charge in [0.2, 0.25) is 0 Å². The number of hydrogen-bond donors (Lipinski definition) is 2. The third-order valence-corrected chi connectivity index (χ3v) is 6.61. The number of carboxylic acid groups (broad SMARTS) is 1. The maximum atomic E-state index is 12.6. The highest BCUT2D eigenvalue weighted by Gasteiger charge is 2.54. The highest BCUT2D eigenvalue weighted by Crippen LogP contribution is 2.40. The van der Waals surface area contributed by atoms with E-state index in [9.17, 15) is 24.3 Å². The van der Waals surface area contributed by atoms with Crippen molar-refractivity contribution >= 4 is 51.4 Å². The van der Waals surface area contributed by atoms with Gasteiger partial charge in [0.15, 0.2) is 0 Å². The van der Waals surface area contributed by atoms with E-state index in [0.717, 1.165) is 14.9 Å². The summed E-state index contributed by atoms with van der Waals surface area (Å²) in [5.41, 5.74) is 1.54. The summed E-state index contributed by atoms with van der Waals surface area (Å²) in [7, 11) is 0. The molecule has 1 saturated heterocycles. The molecule has 3 rings (SSSR count). The highest BCUT2D eigenvalue weighted by molar-refractivity contribution is 9.10. The molecule has 2 N–H and O–H groups in total. The molecule has 1 aromatic rings. The van der Waals surface area contributed by atoms with Crippen LogP contribution in [0.15, 0.2) is 33.9 Å². The molecule has 0 aliphatic carbocycles. The van der Waals surface area contributed by atoms with Crippen molar-refractivity contribution in [2.75, 3.05) is 12.4 Å². The van der Waals surface area contributed by atoms with Gasteiger partial charge in [-0.1, -0.05) is 22.0 Å². The van der Waals surface area contributed by atoms with Gasteiger partial charge in [0, 0.05) is 28.3 Å². The van der Waals surface area contributed by atoms with Crippen molar-refractivity contribution < 1.29 is 29.0 Å². The number of rotatable bonds is 5. The summed E-state index contributed by atoms with van der Waals surface area (Å²) >= 11 is 4.68. The second-order valence-electron chi connectivity index (χ2n) is 6.36. The van der Waals surface area contributed by atoms with Crippen molar-refractivity contribution in [2.24, 2.45) is 0 Å². The lowest BCUT2D eigenvalue weighted by atomic mass is 10.0. The van der Waals surface area contributed by atoms with Gasteiger partial charge in [-0.25, -0.2) is 4.79 Å². The number of ether oxygens (including phenoxy) is 1. The Balaban J connectivity index is 1.76. The number of hydrogen-bond acceptors (Lipinski definition) is 6. The lowest BCUT2D eigenvalue weighted by Gasteiger charge is -2.49. The largest absolute Gasteiger partial charge is 0.477 e. The van der Waals surface area contributed by atoms with Gasteiger partial charge in [0.1, 0.15) is 23.7 Å². The molecule has 10 heteroatoms. The van der Waals surface area contributed by atoms with E-state index in [1.54, 1.807) is 18.2 Å². The first-order valence-corrected chi connectivity index (χ1v) is 10.1. The van der Waals surface area contributed by atoms with E-state index >= 15 is 0 Å². The zero-order chi connectivity index (χ0) is 20.6. The smallest absolute Gasteiger partial charge is 0.352 e. The molecule has 1 aromatic carbocycles. The Morgan fingerprint density at radius 2 is 2.11 bits per heavy atom. The van der Waals surface area contributed by atoms with Crippen molar-refractivity contribution in [1.82, 2.24) is 10.2 Å². The molecule has 1 fully saturated rings. The van der Waals surface area contributed by atoms with Gasteiger partial charge in [-0.05, 0) is 24.6 Å². The number of carboxylic acids is 1. The SMILES string of the molecule is CC(=O)OCC1=C(C(=O)O)N2C(=O)C(NC(=O)c3ccc(C)c(Br)c3)C2SC1. The first-order chi connectivity index (χ1) is 13.2. The summed E-state index contributed by atoms with van der Waals surface area (Å²) in [6.07, 6.45) is 0. The number of carbonyl (C=O) groups is 4. The van der Waals surface area contributed by atoms with Gasteiger partial charge in [0.25, 0.3) is 11.8 Å². The maximum Gasteiger partial charge on any atom is 0.352 e.